The molecule has 0 aromatic carbocycles. The number of nitriles is 1. The molecule has 1 unspecified atom stereocenters. The van der Waals surface area contributed by atoms with Crippen LogP contribution in [0.15, 0.2) is 0 Å². The molecule has 1 N–H and O–H groups in total. The van der Waals surface area contributed by atoms with Crippen molar-refractivity contribution in [2.75, 3.05) is 5.75 Å². The van der Waals surface area contributed by atoms with Gasteiger partial charge in [-0.2, -0.15) is 5.26 Å². The number of nitrogens with one attached hydrogen (secondary N) is 1. The van der Waals surface area contributed by atoms with Gasteiger partial charge in [0.15, 0.2) is 0 Å². The van der Waals surface area contributed by atoms with E-state index in [9.17, 15) is 0 Å². The highest BCUT2D eigenvalue weighted by Gasteiger charge is 2.11. The van der Waals surface area contributed by atoms with E-state index in [1.54, 1.807) is 11.8 Å². The van der Waals surface area contributed by atoms with Crippen molar-refractivity contribution in [3.8, 4) is 6.07 Å². The third kappa shape index (κ3) is 1.08. The predicted molar refractivity (Wildman–Crippen MR) is 29.3 cm³/mol. The Morgan fingerprint density at radius 1 is 2.00 bits per heavy atom. The Bertz CT molecular complexity index is 90.4. The van der Waals surface area contributed by atoms with Gasteiger partial charge in [-0.05, 0) is 0 Å². The molecular weight excluding hydrogens is 108 g/mol. The number of rotatable bonds is 0. The molecule has 1 aliphatic heterocycles. The SMILES string of the molecule is N#CC1N[CH]CS1. The third-order valence-corrected chi connectivity index (χ3v) is 1.67. The molecule has 1 aliphatic rings. The second kappa shape index (κ2) is 2.20. The van der Waals surface area contributed by atoms with Crippen molar-refractivity contribution in [1.29, 1.82) is 5.26 Å². The zero-order valence-corrected chi connectivity index (χ0v) is 4.53. The summed E-state index contributed by atoms with van der Waals surface area (Å²) in [6.45, 7) is 1.90. The molecule has 0 aromatic rings. The van der Waals surface area contributed by atoms with Crippen LogP contribution in [-0.4, -0.2) is 11.1 Å². The van der Waals surface area contributed by atoms with Crippen molar-refractivity contribution in [2.45, 2.75) is 5.37 Å². The molecule has 1 radical (unpaired) electrons. The van der Waals surface area contributed by atoms with Gasteiger partial charge >= 0.3 is 0 Å². The lowest BCUT2D eigenvalue weighted by Crippen LogP contribution is -2.12. The van der Waals surface area contributed by atoms with E-state index in [2.05, 4.69) is 11.4 Å². The van der Waals surface area contributed by atoms with Gasteiger partial charge in [0.1, 0.15) is 5.37 Å². The highest BCUT2D eigenvalue weighted by Crippen LogP contribution is 2.13. The normalized spacial score (nSPS) is 29.9. The zero-order chi connectivity index (χ0) is 5.11. The smallest absolute Gasteiger partial charge is 0.142 e. The summed E-state index contributed by atoms with van der Waals surface area (Å²) in [6, 6.07) is 2.08. The van der Waals surface area contributed by atoms with E-state index < -0.39 is 0 Å². The fraction of sp³-hybridized carbons (Fsp3) is 0.500. The summed E-state index contributed by atoms with van der Waals surface area (Å²) < 4.78 is 0. The highest BCUT2D eigenvalue weighted by molar-refractivity contribution is 8.00. The van der Waals surface area contributed by atoms with Crippen molar-refractivity contribution in [3.05, 3.63) is 6.54 Å². The lowest BCUT2D eigenvalue weighted by Gasteiger charge is -1.90. The van der Waals surface area contributed by atoms with E-state index in [0.717, 1.165) is 5.75 Å². The Balaban J connectivity index is 2.31. The molecule has 1 saturated heterocycles. The fourth-order valence-electron chi connectivity index (χ4n) is 0.422. The van der Waals surface area contributed by atoms with Crippen molar-refractivity contribution < 1.29 is 0 Å². The Morgan fingerprint density at radius 3 is 3.14 bits per heavy atom. The largest absolute Gasteiger partial charge is 0.288 e. The van der Waals surface area contributed by atoms with E-state index in [1.807, 2.05) is 6.54 Å². The molecule has 0 bridgehead atoms. The minimum Gasteiger partial charge on any atom is -0.288 e. The number of thioether (sulfide) groups is 1. The Kier molecular flexibility index (Phi) is 1.55. The van der Waals surface area contributed by atoms with E-state index in [1.165, 1.54) is 0 Å². The summed E-state index contributed by atoms with van der Waals surface area (Å²) in [5.41, 5.74) is 0. The standard InChI is InChI=1S/C4H5N2S/c5-3-4-6-1-2-7-4/h1,4,6H,2H2. The average molecular weight is 113 g/mol. The van der Waals surface area contributed by atoms with Gasteiger partial charge in [-0.3, -0.25) is 5.32 Å². The van der Waals surface area contributed by atoms with E-state index in [4.69, 9.17) is 5.26 Å². The minimum atomic E-state index is 0.0139. The van der Waals surface area contributed by atoms with Crippen LogP contribution in [0, 0.1) is 17.9 Å². The molecule has 0 amide bonds. The Morgan fingerprint density at radius 2 is 2.86 bits per heavy atom. The van der Waals surface area contributed by atoms with Gasteiger partial charge in [-0.1, -0.05) is 0 Å². The van der Waals surface area contributed by atoms with Crippen LogP contribution in [0.25, 0.3) is 0 Å². The molecule has 1 rings (SSSR count). The van der Waals surface area contributed by atoms with Crippen LogP contribution in [0.2, 0.25) is 0 Å². The Hall–Kier alpha value is -0.200. The summed E-state index contributed by atoms with van der Waals surface area (Å²) in [4.78, 5) is 0. The first kappa shape index (κ1) is 4.95. The van der Waals surface area contributed by atoms with Crippen LogP contribution < -0.4 is 5.32 Å². The van der Waals surface area contributed by atoms with Gasteiger partial charge in [-0.25, -0.2) is 0 Å². The summed E-state index contributed by atoms with van der Waals surface area (Å²) in [5.74, 6) is 0.957. The van der Waals surface area contributed by atoms with Gasteiger partial charge in [0.25, 0.3) is 0 Å². The maximum Gasteiger partial charge on any atom is 0.142 e. The second-order valence-corrected chi connectivity index (χ2v) is 2.35. The molecule has 2 nitrogen and oxygen atoms in total. The predicted octanol–water partition coefficient (Wildman–Crippen LogP) is 0.334. The minimum absolute atomic E-state index is 0.0139. The maximum atomic E-state index is 8.21. The quantitative estimate of drug-likeness (QED) is 0.492. The molecule has 0 aliphatic carbocycles. The van der Waals surface area contributed by atoms with Crippen LogP contribution in [0.3, 0.4) is 0 Å². The van der Waals surface area contributed by atoms with Gasteiger partial charge < -0.3 is 0 Å². The summed E-state index contributed by atoms with van der Waals surface area (Å²) >= 11 is 1.61. The van der Waals surface area contributed by atoms with Gasteiger partial charge in [0.05, 0.1) is 6.07 Å². The molecule has 37 valence electrons. The summed E-state index contributed by atoms with van der Waals surface area (Å²) in [7, 11) is 0. The van der Waals surface area contributed by atoms with Gasteiger partial charge in [0.2, 0.25) is 0 Å². The van der Waals surface area contributed by atoms with Crippen LogP contribution in [-0.2, 0) is 0 Å². The number of hydrogen-bond acceptors (Lipinski definition) is 3. The fourth-order valence-corrected chi connectivity index (χ4v) is 1.07. The number of nitrogens with zero attached hydrogens (tertiary/aromatic N) is 1. The summed E-state index contributed by atoms with van der Waals surface area (Å²) in [5, 5.41) is 11.1. The van der Waals surface area contributed by atoms with Crippen LogP contribution in [0.4, 0.5) is 0 Å². The first-order valence-electron chi connectivity index (χ1n) is 2.02. The second-order valence-electron chi connectivity index (χ2n) is 1.21. The highest BCUT2D eigenvalue weighted by atomic mass is 32.2. The van der Waals surface area contributed by atoms with Gasteiger partial charge in [0, 0.05) is 12.3 Å². The van der Waals surface area contributed by atoms with E-state index >= 15 is 0 Å². The first-order chi connectivity index (χ1) is 3.43. The van der Waals surface area contributed by atoms with Gasteiger partial charge in [-0.15, -0.1) is 11.8 Å². The maximum absolute atomic E-state index is 8.21. The average Bonchev–Trinajstić information content (AvgIpc) is 2.14. The molecule has 0 spiro atoms. The van der Waals surface area contributed by atoms with E-state index in [0.29, 0.717) is 0 Å². The monoisotopic (exact) mass is 113 g/mol. The molecule has 1 atom stereocenters. The Labute approximate surface area is 46.9 Å². The van der Waals surface area contributed by atoms with Crippen LogP contribution >= 0.6 is 11.8 Å². The molecule has 3 heteroatoms. The third-order valence-electron chi connectivity index (χ3n) is 0.733. The van der Waals surface area contributed by atoms with Crippen molar-refractivity contribution in [2.24, 2.45) is 0 Å². The summed E-state index contributed by atoms with van der Waals surface area (Å²) in [6.07, 6.45) is 0. The molecule has 0 aromatic heterocycles. The van der Waals surface area contributed by atoms with Crippen LogP contribution in [0.1, 0.15) is 0 Å². The van der Waals surface area contributed by atoms with E-state index in [-0.39, 0.29) is 5.37 Å². The molecule has 1 fully saturated rings. The van der Waals surface area contributed by atoms with Crippen molar-refractivity contribution in [1.82, 2.24) is 5.32 Å². The molecular formula is C4H5N2S. The molecule has 1 heterocycles. The lowest BCUT2D eigenvalue weighted by atomic mass is 10.6. The van der Waals surface area contributed by atoms with Crippen LogP contribution in [0.5, 0.6) is 0 Å². The van der Waals surface area contributed by atoms with Crippen molar-refractivity contribution >= 4 is 11.8 Å². The van der Waals surface area contributed by atoms with Crippen molar-refractivity contribution in [3.63, 3.8) is 0 Å². The topological polar surface area (TPSA) is 35.8 Å². The number of hydrogen-bond donors (Lipinski definition) is 1. The first-order valence-corrected chi connectivity index (χ1v) is 3.07. The molecule has 7 heavy (non-hydrogen) atoms. The lowest BCUT2D eigenvalue weighted by molar-refractivity contribution is 0.899. The molecule has 0 saturated carbocycles. The zero-order valence-electron chi connectivity index (χ0n) is 3.72.